The van der Waals surface area contributed by atoms with Crippen molar-refractivity contribution in [2.75, 3.05) is 39.3 Å². The molecule has 2 aliphatic carbocycles. The number of piperazine rings is 1. The Morgan fingerprint density at radius 1 is 0.912 bits per heavy atom. The van der Waals surface area contributed by atoms with E-state index >= 15 is 0 Å². The topological polar surface area (TPSA) is 99.2 Å². The van der Waals surface area contributed by atoms with Crippen molar-refractivity contribution >= 4 is 18.0 Å². The van der Waals surface area contributed by atoms with Crippen LogP contribution >= 0.6 is 0 Å². The van der Waals surface area contributed by atoms with Crippen molar-refractivity contribution in [3.05, 3.63) is 59.7 Å². The SMILES string of the molecule is O=C(O)CN1CCN(C(=O)C2CC(NC(=O)OCC3c4ccccc4-c4ccccc43)C2)CC1. The lowest BCUT2D eigenvalue weighted by atomic mass is 9.79. The number of carboxylic acids is 1. The molecule has 1 saturated heterocycles. The van der Waals surface area contributed by atoms with Crippen molar-refractivity contribution in [3.8, 4) is 11.1 Å². The number of nitrogens with one attached hydrogen (secondary N) is 1. The number of hydrogen-bond acceptors (Lipinski definition) is 5. The van der Waals surface area contributed by atoms with Gasteiger partial charge in [-0.25, -0.2) is 4.79 Å². The summed E-state index contributed by atoms with van der Waals surface area (Å²) in [5.74, 6) is -0.819. The van der Waals surface area contributed by atoms with Crippen LogP contribution in [-0.2, 0) is 14.3 Å². The van der Waals surface area contributed by atoms with Crippen molar-refractivity contribution < 1.29 is 24.2 Å². The normalized spacial score (nSPS) is 21.8. The van der Waals surface area contributed by atoms with E-state index in [4.69, 9.17) is 9.84 Å². The van der Waals surface area contributed by atoms with E-state index in [0.29, 0.717) is 39.0 Å². The fourth-order valence-corrected chi connectivity index (χ4v) is 5.32. The lowest BCUT2D eigenvalue weighted by molar-refractivity contribution is -0.142. The standard InChI is InChI=1S/C26H29N3O5/c30-24(31)15-28-9-11-29(12-10-28)25(32)17-13-18(14-17)27-26(33)34-16-23-21-7-3-1-5-19(21)20-6-2-4-8-22(20)23/h1-8,17-18,23H,9-16H2,(H,27,33)(H,30,31). The molecule has 8 heteroatoms. The number of fused-ring (bicyclic) bond motifs is 3. The highest BCUT2D eigenvalue weighted by Gasteiger charge is 2.39. The average Bonchev–Trinajstić information content (AvgIpc) is 3.13. The molecule has 0 aromatic heterocycles. The molecule has 3 aliphatic rings. The first-order chi connectivity index (χ1) is 16.5. The first-order valence-corrected chi connectivity index (χ1v) is 11.8. The number of ether oxygens (including phenoxy) is 1. The number of amides is 2. The van der Waals surface area contributed by atoms with Gasteiger partial charge in [-0.05, 0) is 35.1 Å². The lowest BCUT2D eigenvalue weighted by Gasteiger charge is -2.40. The Morgan fingerprint density at radius 3 is 2.09 bits per heavy atom. The third kappa shape index (κ3) is 4.50. The van der Waals surface area contributed by atoms with Gasteiger partial charge in [0.05, 0.1) is 6.54 Å². The number of nitrogens with zero attached hydrogens (tertiary/aromatic N) is 2. The second kappa shape index (κ2) is 9.46. The molecule has 8 nitrogen and oxygen atoms in total. The molecule has 1 saturated carbocycles. The third-order valence-corrected chi connectivity index (χ3v) is 7.20. The fraction of sp³-hybridized carbons (Fsp3) is 0.423. The van der Waals surface area contributed by atoms with Gasteiger partial charge in [-0.1, -0.05) is 48.5 Å². The number of carbonyl (C=O) groups excluding carboxylic acids is 2. The van der Waals surface area contributed by atoms with Crippen LogP contribution in [0.25, 0.3) is 11.1 Å². The van der Waals surface area contributed by atoms with Gasteiger partial charge in [0.2, 0.25) is 5.91 Å². The van der Waals surface area contributed by atoms with Crippen molar-refractivity contribution in [2.24, 2.45) is 5.92 Å². The zero-order valence-electron chi connectivity index (χ0n) is 19.0. The van der Waals surface area contributed by atoms with Crippen molar-refractivity contribution in [1.29, 1.82) is 0 Å². The van der Waals surface area contributed by atoms with Crippen LogP contribution in [0.2, 0.25) is 0 Å². The summed E-state index contributed by atoms with van der Waals surface area (Å²) in [5.41, 5.74) is 4.73. The molecule has 0 bridgehead atoms. The van der Waals surface area contributed by atoms with Gasteiger partial charge in [-0.15, -0.1) is 0 Å². The third-order valence-electron chi connectivity index (χ3n) is 7.20. The molecule has 0 atom stereocenters. The van der Waals surface area contributed by atoms with Gasteiger partial charge in [0.25, 0.3) is 0 Å². The van der Waals surface area contributed by atoms with Crippen LogP contribution in [0.1, 0.15) is 29.9 Å². The van der Waals surface area contributed by atoms with E-state index in [0.717, 1.165) is 0 Å². The molecule has 2 aromatic rings. The van der Waals surface area contributed by atoms with E-state index in [1.54, 1.807) is 0 Å². The highest BCUT2D eigenvalue weighted by Crippen LogP contribution is 2.44. The van der Waals surface area contributed by atoms with Crippen molar-refractivity contribution in [3.63, 3.8) is 0 Å². The van der Waals surface area contributed by atoms with Gasteiger partial charge in [-0.2, -0.15) is 0 Å². The quantitative estimate of drug-likeness (QED) is 0.683. The zero-order chi connectivity index (χ0) is 23.7. The number of carbonyl (C=O) groups is 3. The predicted molar refractivity (Wildman–Crippen MR) is 125 cm³/mol. The summed E-state index contributed by atoms with van der Waals surface area (Å²) in [6.45, 7) is 2.53. The summed E-state index contributed by atoms with van der Waals surface area (Å²) in [6.07, 6.45) is 0.775. The van der Waals surface area contributed by atoms with Gasteiger partial charge in [0.1, 0.15) is 6.61 Å². The molecule has 34 heavy (non-hydrogen) atoms. The minimum atomic E-state index is -0.846. The maximum atomic E-state index is 12.7. The number of aliphatic carboxylic acids is 1. The van der Waals surface area contributed by atoms with Crippen LogP contribution in [-0.4, -0.2) is 78.2 Å². The molecule has 1 aliphatic heterocycles. The van der Waals surface area contributed by atoms with Gasteiger partial charge in [0, 0.05) is 44.1 Å². The molecule has 2 fully saturated rings. The molecule has 2 amide bonds. The second-order valence-corrected chi connectivity index (χ2v) is 9.33. The summed E-state index contributed by atoms with van der Waals surface area (Å²) in [6, 6.07) is 16.4. The molecular formula is C26H29N3O5. The van der Waals surface area contributed by atoms with E-state index < -0.39 is 12.1 Å². The summed E-state index contributed by atoms with van der Waals surface area (Å²) in [7, 11) is 0. The van der Waals surface area contributed by atoms with E-state index in [1.807, 2.05) is 34.1 Å². The van der Waals surface area contributed by atoms with Crippen molar-refractivity contribution in [1.82, 2.24) is 15.1 Å². The Hall–Kier alpha value is -3.39. The molecule has 0 spiro atoms. The molecule has 0 radical (unpaired) electrons. The Labute approximate surface area is 198 Å². The van der Waals surface area contributed by atoms with Crippen LogP contribution in [0.4, 0.5) is 4.79 Å². The number of benzene rings is 2. The summed E-state index contributed by atoms with van der Waals surface area (Å²) >= 11 is 0. The molecular weight excluding hydrogens is 434 g/mol. The van der Waals surface area contributed by atoms with Gasteiger partial charge in [0.15, 0.2) is 0 Å². The van der Waals surface area contributed by atoms with Gasteiger partial charge < -0.3 is 20.1 Å². The molecule has 5 rings (SSSR count). The molecule has 178 valence electrons. The minimum absolute atomic E-state index is 0.0115. The first kappa shape index (κ1) is 22.4. The Balaban J connectivity index is 1.07. The summed E-state index contributed by atoms with van der Waals surface area (Å²) in [4.78, 5) is 39.7. The number of alkyl carbamates (subject to hydrolysis) is 1. The Kier molecular flexibility index (Phi) is 6.24. The van der Waals surface area contributed by atoms with Crippen LogP contribution in [0.3, 0.4) is 0 Å². The maximum absolute atomic E-state index is 12.7. The van der Waals surface area contributed by atoms with Crippen molar-refractivity contribution in [2.45, 2.75) is 24.8 Å². The summed E-state index contributed by atoms with van der Waals surface area (Å²) in [5, 5.41) is 11.8. The molecule has 0 unspecified atom stereocenters. The fourth-order valence-electron chi connectivity index (χ4n) is 5.32. The molecule has 2 N–H and O–H groups in total. The van der Waals surface area contributed by atoms with E-state index in [-0.39, 0.29) is 36.9 Å². The van der Waals surface area contributed by atoms with E-state index in [2.05, 4.69) is 29.6 Å². The van der Waals surface area contributed by atoms with E-state index in [9.17, 15) is 14.4 Å². The number of rotatable bonds is 6. The highest BCUT2D eigenvalue weighted by atomic mass is 16.5. The van der Waals surface area contributed by atoms with Gasteiger partial charge in [-0.3, -0.25) is 14.5 Å². The van der Waals surface area contributed by atoms with Crippen LogP contribution in [0, 0.1) is 5.92 Å². The van der Waals surface area contributed by atoms with Crippen LogP contribution in [0.5, 0.6) is 0 Å². The lowest BCUT2D eigenvalue weighted by Crippen LogP contribution is -2.55. The molecule has 2 aromatic carbocycles. The Bertz CT molecular complexity index is 1040. The summed E-state index contributed by atoms with van der Waals surface area (Å²) < 4.78 is 5.60. The number of hydrogen-bond donors (Lipinski definition) is 2. The van der Waals surface area contributed by atoms with E-state index in [1.165, 1.54) is 22.3 Å². The van der Waals surface area contributed by atoms with Crippen LogP contribution in [0.15, 0.2) is 48.5 Å². The maximum Gasteiger partial charge on any atom is 0.407 e. The van der Waals surface area contributed by atoms with Crippen LogP contribution < -0.4 is 5.32 Å². The zero-order valence-corrected chi connectivity index (χ0v) is 19.0. The smallest absolute Gasteiger partial charge is 0.407 e. The highest BCUT2D eigenvalue weighted by molar-refractivity contribution is 5.81. The molecule has 1 heterocycles. The Morgan fingerprint density at radius 2 is 1.50 bits per heavy atom. The predicted octanol–water partition coefficient (Wildman–Crippen LogP) is 2.53. The minimum Gasteiger partial charge on any atom is -0.480 e. The number of carboxylic acid groups (broad SMARTS) is 1. The second-order valence-electron chi connectivity index (χ2n) is 9.33. The monoisotopic (exact) mass is 463 g/mol. The first-order valence-electron chi connectivity index (χ1n) is 11.8. The van der Waals surface area contributed by atoms with Gasteiger partial charge >= 0.3 is 12.1 Å². The largest absolute Gasteiger partial charge is 0.480 e. The average molecular weight is 464 g/mol.